The van der Waals surface area contributed by atoms with Crippen molar-refractivity contribution in [3.05, 3.63) is 45.6 Å². The van der Waals surface area contributed by atoms with Gasteiger partial charge >= 0.3 is 0 Å². The van der Waals surface area contributed by atoms with Gasteiger partial charge in [0.15, 0.2) is 0 Å². The zero-order valence-electron chi connectivity index (χ0n) is 10.8. The predicted octanol–water partition coefficient (Wildman–Crippen LogP) is 3.32. The fourth-order valence-corrected chi connectivity index (χ4v) is 2.98. The first-order chi connectivity index (χ1) is 9.26. The number of aliphatic hydroxyl groups excluding tert-OH is 1. The first-order valence-corrected chi connectivity index (χ1v) is 7.23. The Bertz CT molecular complexity index is 577. The van der Waals surface area contributed by atoms with Gasteiger partial charge in [-0.2, -0.15) is 0 Å². The molecule has 1 aliphatic heterocycles. The summed E-state index contributed by atoms with van der Waals surface area (Å²) in [6.07, 6.45) is 0.559. The summed E-state index contributed by atoms with van der Waals surface area (Å²) in [5.74, 6) is 1.50. The Morgan fingerprint density at radius 3 is 2.95 bits per heavy atom. The second kappa shape index (κ2) is 5.23. The molecule has 0 aliphatic carbocycles. The second-order valence-electron chi connectivity index (χ2n) is 4.54. The lowest BCUT2D eigenvalue weighted by Crippen LogP contribution is -1.97. The molecule has 0 saturated heterocycles. The van der Waals surface area contributed by atoms with E-state index in [0.717, 1.165) is 23.5 Å². The fourth-order valence-electron chi connectivity index (χ4n) is 2.11. The average molecular weight is 276 g/mol. The van der Waals surface area contributed by atoms with Crippen LogP contribution in [-0.4, -0.2) is 11.7 Å². The van der Waals surface area contributed by atoms with Crippen LogP contribution in [0.1, 0.15) is 28.3 Å². The van der Waals surface area contributed by atoms with Crippen LogP contribution < -0.4 is 9.47 Å². The quantitative estimate of drug-likeness (QED) is 0.931. The van der Waals surface area contributed by atoms with Crippen molar-refractivity contribution in [3.63, 3.8) is 0 Å². The molecule has 100 valence electrons. The molecule has 2 aromatic rings. The van der Waals surface area contributed by atoms with Crippen LogP contribution >= 0.6 is 11.3 Å². The van der Waals surface area contributed by atoms with E-state index in [9.17, 15) is 5.11 Å². The van der Waals surface area contributed by atoms with Crippen molar-refractivity contribution in [2.24, 2.45) is 0 Å². The maximum atomic E-state index is 9.65. The van der Waals surface area contributed by atoms with E-state index in [1.54, 1.807) is 11.3 Å². The normalized spacial score (nSPS) is 17.1. The third-order valence-corrected chi connectivity index (χ3v) is 4.39. The summed E-state index contributed by atoms with van der Waals surface area (Å²) < 4.78 is 11.2. The van der Waals surface area contributed by atoms with Crippen molar-refractivity contribution in [2.75, 3.05) is 6.61 Å². The lowest BCUT2D eigenvalue weighted by molar-refractivity contribution is 0.140. The number of rotatable bonds is 4. The Kier molecular flexibility index (Phi) is 3.44. The van der Waals surface area contributed by atoms with Crippen LogP contribution in [0.4, 0.5) is 0 Å². The molecule has 4 heteroatoms. The maximum Gasteiger partial charge on any atom is 0.129 e. The Hall–Kier alpha value is -1.52. The van der Waals surface area contributed by atoms with Gasteiger partial charge in [0.05, 0.1) is 0 Å². The van der Waals surface area contributed by atoms with Gasteiger partial charge in [0.25, 0.3) is 0 Å². The van der Waals surface area contributed by atoms with Crippen molar-refractivity contribution in [3.8, 4) is 11.5 Å². The molecule has 0 bridgehead atoms. The lowest BCUT2D eigenvalue weighted by atomic mass is 10.1. The zero-order valence-corrected chi connectivity index (χ0v) is 11.6. The molecule has 0 radical (unpaired) electrons. The highest BCUT2D eigenvalue weighted by Crippen LogP contribution is 2.35. The Labute approximate surface area is 116 Å². The smallest absolute Gasteiger partial charge is 0.129 e. The first kappa shape index (κ1) is 12.5. The number of hydrogen-bond donors (Lipinski definition) is 1. The second-order valence-corrected chi connectivity index (χ2v) is 5.79. The molecule has 0 saturated carbocycles. The molecule has 19 heavy (non-hydrogen) atoms. The zero-order chi connectivity index (χ0) is 13.2. The number of aliphatic hydroxyl groups is 1. The van der Waals surface area contributed by atoms with Crippen LogP contribution in [0.15, 0.2) is 30.3 Å². The Morgan fingerprint density at radius 2 is 2.16 bits per heavy atom. The molecule has 1 N–H and O–H groups in total. The highest BCUT2D eigenvalue weighted by Gasteiger charge is 2.21. The number of fused-ring (bicyclic) bond motifs is 1. The third kappa shape index (κ3) is 2.60. The van der Waals surface area contributed by atoms with E-state index >= 15 is 0 Å². The molecule has 1 unspecified atom stereocenters. The predicted molar refractivity (Wildman–Crippen MR) is 74.9 cm³/mol. The van der Waals surface area contributed by atoms with E-state index < -0.39 is 6.10 Å². The average Bonchev–Trinajstić information content (AvgIpc) is 3.03. The molecule has 1 aliphatic rings. The van der Waals surface area contributed by atoms with E-state index in [1.807, 2.05) is 18.2 Å². The van der Waals surface area contributed by atoms with Crippen LogP contribution in [0, 0.1) is 0 Å². The van der Waals surface area contributed by atoms with Crippen LogP contribution in [0.2, 0.25) is 0 Å². The molecular formula is C15H16O3S. The van der Waals surface area contributed by atoms with Gasteiger partial charge in [-0.25, -0.2) is 0 Å². The highest BCUT2D eigenvalue weighted by atomic mass is 32.1. The Balaban J connectivity index is 1.67. The number of hydrogen-bond acceptors (Lipinski definition) is 4. The van der Waals surface area contributed by atoms with Gasteiger partial charge < -0.3 is 14.6 Å². The van der Waals surface area contributed by atoms with Crippen molar-refractivity contribution >= 4 is 11.3 Å². The molecule has 3 nitrogen and oxygen atoms in total. The van der Waals surface area contributed by atoms with Crippen LogP contribution in [0.25, 0.3) is 0 Å². The van der Waals surface area contributed by atoms with Gasteiger partial charge in [-0.1, -0.05) is 6.92 Å². The minimum Gasteiger partial charge on any atom is -0.490 e. The van der Waals surface area contributed by atoms with E-state index in [1.165, 1.54) is 9.75 Å². The van der Waals surface area contributed by atoms with Gasteiger partial charge in [0.2, 0.25) is 0 Å². The fraction of sp³-hybridized carbons (Fsp3) is 0.333. The molecule has 2 heterocycles. The van der Waals surface area contributed by atoms with Gasteiger partial charge in [-0.15, -0.1) is 11.3 Å². The number of benzene rings is 1. The van der Waals surface area contributed by atoms with Crippen molar-refractivity contribution in [1.29, 1.82) is 0 Å². The summed E-state index contributed by atoms with van der Waals surface area (Å²) in [6.45, 7) is 3.06. The van der Waals surface area contributed by atoms with Gasteiger partial charge in [0.1, 0.15) is 30.8 Å². The Morgan fingerprint density at radius 1 is 1.32 bits per heavy atom. The summed E-state index contributed by atoms with van der Waals surface area (Å²) in [5, 5.41) is 9.65. The van der Waals surface area contributed by atoms with Crippen molar-refractivity contribution in [1.82, 2.24) is 0 Å². The minimum atomic E-state index is -0.506. The van der Waals surface area contributed by atoms with Crippen molar-refractivity contribution < 1.29 is 14.6 Å². The molecule has 1 atom stereocenters. The molecule has 3 rings (SSSR count). The lowest BCUT2D eigenvalue weighted by Gasteiger charge is -2.06. The summed E-state index contributed by atoms with van der Waals surface area (Å²) in [7, 11) is 0. The number of thiophene rings is 1. The standard InChI is InChI=1S/C15H16O3S/c1-2-11-4-5-12(19-11)8-17-10-3-6-13-14(16)9-18-15(13)7-10/h3-7,14,16H,2,8-9H2,1H3. The highest BCUT2D eigenvalue weighted by molar-refractivity contribution is 7.11. The van der Waals surface area contributed by atoms with E-state index in [2.05, 4.69) is 19.1 Å². The van der Waals surface area contributed by atoms with E-state index in [0.29, 0.717) is 13.2 Å². The monoisotopic (exact) mass is 276 g/mol. The summed E-state index contributed by atoms with van der Waals surface area (Å²) in [6, 6.07) is 9.85. The molecule has 1 aromatic carbocycles. The topological polar surface area (TPSA) is 38.7 Å². The van der Waals surface area contributed by atoms with Gasteiger partial charge in [-0.05, 0) is 30.7 Å². The van der Waals surface area contributed by atoms with Gasteiger partial charge in [0, 0.05) is 21.4 Å². The van der Waals surface area contributed by atoms with Crippen LogP contribution in [0.3, 0.4) is 0 Å². The molecule has 0 amide bonds. The van der Waals surface area contributed by atoms with Crippen molar-refractivity contribution in [2.45, 2.75) is 26.1 Å². The first-order valence-electron chi connectivity index (χ1n) is 6.41. The molecule has 1 aromatic heterocycles. The van der Waals surface area contributed by atoms with Crippen LogP contribution in [0.5, 0.6) is 11.5 Å². The van der Waals surface area contributed by atoms with E-state index in [-0.39, 0.29) is 0 Å². The van der Waals surface area contributed by atoms with E-state index in [4.69, 9.17) is 9.47 Å². The number of aryl methyl sites for hydroxylation is 1. The summed E-state index contributed by atoms with van der Waals surface area (Å²) >= 11 is 1.78. The van der Waals surface area contributed by atoms with Gasteiger partial charge in [-0.3, -0.25) is 0 Å². The molecule has 0 spiro atoms. The summed E-state index contributed by atoms with van der Waals surface area (Å²) in [4.78, 5) is 2.59. The largest absolute Gasteiger partial charge is 0.490 e. The third-order valence-electron chi connectivity index (χ3n) is 3.19. The molecular weight excluding hydrogens is 260 g/mol. The molecule has 0 fully saturated rings. The maximum absolute atomic E-state index is 9.65. The number of ether oxygens (including phenoxy) is 2. The van der Waals surface area contributed by atoms with Crippen LogP contribution in [-0.2, 0) is 13.0 Å². The summed E-state index contributed by atoms with van der Waals surface area (Å²) in [5.41, 5.74) is 0.844. The minimum absolute atomic E-state index is 0.337. The SMILES string of the molecule is CCc1ccc(COc2ccc3c(c2)OCC3O)s1.